The average molecular weight is 207 g/mol. The minimum absolute atomic E-state index is 0.326. The van der Waals surface area contributed by atoms with Crippen LogP contribution >= 0.6 is 0 Å². The lowest BCUT2D eigenvalue weighted by atomic mass is 10.1. The highest BCUT2D eigenvalue weighted by molar-refractivity contribution is 4.99. The minimum Gasteiger partial charge on any atom is -0.381 e. The van der Waals surface area contributed by atoms with Crippen molar-refractivity contribution in [1.29, 1.82) is 0 Å². The zero-order chi connectivity index (χ0) is 10.5. The standard InChI is InChI=1S/C9H13N5O/c10-13-11-7-8-1-4-14(12-8)9-2-5-15-6-3-9/h1,4,9H,2-3,5-7H2. The second-order valence-corrected chi connectivity index (χ2v) is 3.52. The van der Waals surface area contributed by atoms with Crippen LogP contribution in [0, 0.1) is 0 Å². The monoisotopic (exact) mass is 207 g/mol. The maximum absolute atomic E-state index is 8.19. The van der Waals surface area contributed by atoms with Crippen molar-refractivity contribution in [2.45, 2.75) is 25.4 Å². The summed E-state index contributed by atoms with van der Waals surface area (Å²) >= 11 is 0. The summed E-state index contributed by atoms with van der Waals surface area (Å²) in [6, 6.07) is 2.32. The molecule has 0 aromatic carbocycles. The van der Waals surface area contributed by atoms with Gasteiger partial charge in [0.25, 0.3) is 0 Å². The van der Waals surface area contributed by atoms with E-state index in [1.165, 1.54) is 0 Å². The van der Waals surface area contributed by atoms with Gasteiger partial charge in [-0.15, -0.1) is 0 Å². The lowest BCUT2D eigenvalue weighted by Crippen LogP contribution is -2.20. The molecule has 1 fully saturated rings. The van der Waals surface area contributed by atoms with E-state index in [0.717, 1.165) is 31.7 Å². The Hall–Kier alpha value is -1.52. The van der Waals surface area contributed by atoms with Gasteiger partial charge >= 0.3 is 0 Å². The summed E-state index contributed by atoms with van der Waals surface area (Å²) in [6.07, 6.45) is 3.95. The first-order valence-electron chi connectivity index (χ1n) is 5.03. The van der Waals surface area contributed by atoms with E-state index >= 15 is 0 Å². The van der Waals surface area contributed by atoms with Crippen LogP contribution in [0.1, 0.15) is 24.6 Å². The summed E-state index contributed by atoms with van der Waals surface area (Å²) in [5, 5.41) is 7.85. The molecule has 0 spiro atoms. The molecule has 1 aromatic rings. The number of hydrogen-bond donors (Lipinski definition) is 0. The molecule has 0 bridgehead atoms. The molecule has 80 valence electrons. The van der Waals surface area contributed by atoms with Crippen LogP contribution in [0.3, 0.4) is 0 Å². The second kappa shape index (κ2) is 4.82. The molecule has 1 saturated heterocycles. The van der Waals surface area contributed by atoms with Crippen molar-refractivity contribution in [3.63, 3.8) is 0 Å². The van der Waals surface area contributed by atoms with Crippen molar-refractivity contribution in [3.8, 4) is 0 Å². The summed E-state index contributed by atoms with van der Waals surface area (Å²) in [6.45, 7) is 1.93. The first-order chi connectivity index (χ1) is 7.40. The van der Waals surface area contributed by atoms with Crippen molar-refractivity contribution in [1.82, 2.24) is 9.78 Å². The fraction of sp³-hybridized carbons (Fsp3) is 0.667. The third-order valence-electron chi connectivity index (χ3n) is 2.52. The van der Waals surface area contributed by atoms with Gasteiger partial charge in [-0.2, -0.15) is 5.10 Å². The highest BCUT2D eigenvalue weighted by Crippen LogP contribution is 2.19. The molecule has 0 N–H and O–H groups in total. The van der Waals surface area contributed by atoms with Crippen LogP contribution in [0.5, 0.6) is 0 Å². The Kier molecular flexibility index (Phi) is 3.22. The van der Waals surface area contributed by atoms with Gasteiger partial charge in [0.15, 0.2) is 0 Å². The maximum Gasteiger partial charge on any atom is 0.0702 e. The molecular formula is C9H13N5O. The summed E-state index contributed by atoms with van der Waals surface area (Å²) < 4.78 is 7.23. The van der Waals surface area contributed by atoms with Crippen molar-refractivity contribution in [2.24, 2.45) is 5.11 Å². The van der Waals surface area contributed by atoms with E-state index in [1.807, 2.05) is 16.9 Å². The zero-order valence-electron chi connectivity index (χ0n) is 8.41. The van der Waals surface area contributed by atoms with Crippen molar-refractivity contribution >= 4 is 0 Å². The predicted octanol–water partition coefficient (Wildman–Crippen LogP) is 2.04. The number of rotatable bonds is 3. The van der Waals surface area contributed by atoms with E-state index in [0.29, 0.717) is 12.6 Å². The molecule has 15 heavy (non-hydrogen) atoms. The lowest BCUT2D eigenvalue weighted by Gasteiger charge is -2.22. The Labute approximate surface area is 87.5 Å². The molecule has 2 rings (SSSR count). The van der Waals surface area contributed by atoms with E-state index in [9.17, 15) is 0 Å². The summed E-state index contributed by atoms with van der Waals surface area (Å²) in [7, 11) is 0. The van der Waals surface area contributed by atoms with Crippen LogP contribution in [-0.2, 0) is 11.3 Å². The zero-order valence-corrected chi connectivity index (χ0v) is 8.41. The fourth-order valence-corrected chi connectivity index (χ4v) is 1.72. The van der Waals surface area contributed by atoms with E-state index in [-0.39, 0.29) is 0 Å². The van der Waals surface area contributed by atoms with Crippen molar-refractivity contribution < 1.29 is 4.74 Å². The number of hydrogen-bond acceptors (Lipinski definition) is 3. The van der Waals surface area contributed by atoms with Gasteiger partial charge < -0.3 is 4.74 Å². The van der Waals surface area contributed by atoms with E-state index in [2.05, 4.69) is 15.1 Å². The Bertz CT molecular complexity index is 362. The highest BCUT2D eigenvalue weighted by Gasteiger charge is 2.15. The van der Waals surface area contributed by atoms with Gasteiger partial charge in [-0.05, 0) is 24.4 Å². The predicted molar refractivity (Wildman–Crippen MR) is 54.2 cm³/mol. The third-order valence-corrected chi connectivity index (χ3v) is 2.52. The molecule has 0 aliphatic carbocycles. The highest BCUT2D eigenvalue weighted by atomic mass is 16.5. The van der Waals surface area contributed by atoms with Crippen LogP contribution in [-0.4, -0.2) is 23.0 Å². The Morgan fingerprint density at radius 2 is 2.40 bits per heavy atom. The minimum atomic E-state index is 0.326. The SMILES string of the molecule is [N-]=[N+]=NCc1ccn(C2CCOCC2)n1. The van der Waals surface area contributed by atoms with Gasteiger partial charge in [-0.3, -0.25) is 4.68 Å². The van der Waals surface area contributed by atoms with Crippen LogP contribution in [0.25, 0.3) is 10.4 Å². The summed E-state index contributed by atoms with van der Waals surface area (Å²) in [5.41, 5.74) is 9.01. The largest absolute Gasteiger partial charge is 0.381 e. The van der Waals surface area contributed by atoms with E-state index < -0.39 is 0 Å². The molecule has 0 radical (unpaired) electrons. The van der Waals surface area contributed by atoms with Crippen LogP contribution in [0.4, 0.5) is 0 Å². The van der Waals surface area contributed by atoms with Crippen LogP contribution in [0.2, 0.25) is 0 Å². The van der Waals surface area contributed by atoms with Gasteiger partial charge in [-0.25, -0.2) is 0 Å². The smallest absolute Gasteiger partial charge is 0.0702 e. The number of ether oxygens (including phenoxy) is 1. The summed E-state index contributed by atoms with van der Waals surface area (Å²) in [4.78, 5) is 2.71. The molecule has 0 unspecified atom stereocenters. The van der Waals surface area contributed by atoms with Crippen molar-refractivity contribution in [2.75, 3.05) is 13.2 Å². The van der Waals surface area contributed by atoms with Gasteiger partial charge in [0.1, 0.15) is 0 Å². The number of nitrogens with zero attached hydrogens (tertiary/aromatic N) is 5. The first-order valence-corrected chi connectivity index (χ1v) is 5.03. The quantitative estimate of drug-likeness (QED) is 0.432. The Morgan fingerprint density at radius 1 is 1.60 bits per heavy atom. The molecule has 1 aromatic heterocycles. The lowest BCUT2D eigenvalue weighted by molar-refractivity contribution is 0.0661. The van der Waals surface area contributed by atoms with E-state index in [4.69, 9.17) is 10.3 Å². The normalized spacial score (nSPS) is 17.3. The molecule has 1 aliphatic heterocycles. The molecule has 0 atom stereocenters. The Morgan fingerprint density at radius 3 is 3.13 bits per heavy atom. The van der Waals surface area contributed by atoms with Gasteiger partial charge in [0.2, 0.25) is 0 Å². The Balaban J connectivity index is 2.01. The summed E-state index contributed by atoms with van der Waals surface area (Å²) in [5.74, 6) is 0. The third kappa shape index (κ3) is 2.49. The molecule has 6 nitrogen and oxygen atoms in total. The second-order valence-electron chi connectivity index (χ2n) is 3.52. The van der Waals surface area contributed by atoms with Gasteiger partial charge in [-0.1, -0.05) is 5.11 Å². The molecule has 0 saturated carbocycles. The molecule has 0 amide bonds. The molecular weight excluding hydrogens is 194 g/mol. The average Bonchev–Trinajstić information content (AvgIpc) is 2.76. The van der Waals surface area contributed by atoms with E-state index in [1.54, 1.807) is 0 Å². The topological polar surface area (TPSA) is 75.8 Å². The molecule has 2 heterocycles. The van der Waals surface area contributed by atoms with Crippen molar-refractivity contribution in [3.05, 3.63) is 28.4 Å². The number of aromatic nitrogens is 2. The van der Waals surface area contributed by atoms with Gasteiger partial charge in [0.05, 0.1) is 18.3 Å². The number of azide groups is 1. The maximum atomic E-state index is 8.19. The molecule has 6 heteroatoms. The first kappa shape index (κ1) is 10.0. The van der Waals surface area contributed by atoms with Crippen LogP contribution < -0.4 is 0 Å². The molecule has 1 aliphatic rings. The fourth-order valence-electron chi connectivity index (χ4n) is 1.72. The van der Waals surface area contributed by atoms with Crippen LogP contribution in [0.15, 0.2) is 17.4 Å². The van der Waals surface area contributed by atoms with Gasteiger partial charge in [0, 0.05) is 24.3 Å².